The highest BCUT2D eigenvalue weighted by atomic mass is 32.2. The molecule has 0 aromatic heterocycles. The quantitative estimate of drug-likeness (QED) is 0.619. The van der Waals surface area contributed by atoms with Gasteiger partial charge in [0.25, 0.3) is 10.0 Å². The van der Waals surface area contributed by atoms with Crippen LogP contribution in [-0.2, 0) is 26.2 Å². The number of hydrogen-bond acceptors (Lipinski definition) is 6. The van der Waals surface area contributed by atoms with Gasteiger partial charge in [-0.05, 0) is 49.1 Å². The van der Waals surface area contributed by atoms with E-state index in [0.717, 1.165) is 25.7 Å². The van der Waals surface area contributed by atoms with Crippen molar-refractivity contribution >= 4 is 27.5 Å². The third kappa shape index (κ3) is 4.42. The summed E-state index contributed by atoms with van der Waals surface area (Å²) in [5.74, 6) is 0.0718. The number of amides is 2. The number of aryl methyl sites for hydroxylation is 1. The Morgan fingerprint density at radius 2 is 1.64 bits per heavy atom. The number of fused-ring (bicyclic) bond motifs is 1. The normalized spacial score (nSPS) is 20.5. The highest BCUT2D eigenvalue weighted by molar-refractivity contribution is 7.92. The van der Waals surface area contributed by atoms with E-state index in [1.807, 2.05) is 0 Å². The highest BCUT2D eigenvalue weighted by Gasteiger charge is 2.47. The van der Waals surface area contributed by atoms with Crippen LogP contribution in [0.5, 0.6) is 11.5 Å². The maximum atomic E-state index is 13.3. The molecule has 2 amide bonds. The molecule has 8 nitrogen and oxygen atoms in total. The molecule has 0 bridgehead atoms. The predicted octanol–water partition coefficient (Wildman–Crippen LogP) is 3.49. The van der Waals surface area contributed by atoms with Gasteiger partial charge < -0.3 is 9.47 Å². The van der Waals surface area contributed by atoms with E-state index < -0.39 is 10.0 Å². The van der Waals surface area contributed by atoms with Crippen molar-refractivity contribution in [2.75, 3.05) is 18.9 Å². The van der Waals surface area contributed by atoms with E-state index in [1.165, 1.54) is 25.2 Å². The summed E-state index contributed by atoms with van der Waals surface area (Å²) in [4.78, 5) is 27.0. The molecule has 1 saturated carbocycles. The van der Waals surface area contributed by atoms with Crippen molar-refractivity contribution in [3.8, 4) is 11.5 Å². The monoisotopic (exact) mass is 472 g/mol. The second-order valence-corrected chi connectivity index (χ2v) is 10.2. The molecule has 0 spiro atoms. The van der Waals surface area contributed by atoms with Crippen molar-refractivity contribution < 1.29 is 27.5 Å². The molecule has 2 atom stereocenters. The van der Waals surface area contributed by atoms with Crippen LogP contribution >= 0.6 is 0 Å². The summed E-state index contributed by atoms with van der Waals surface area (Å²) >= 11 is 0. The van der Waals surface area contributed by atoms with Gasteiger partial charge in [-0.3, -0.25) is 19.2 Å². The van der Waals surface area contributed by atoms with E-state index >= 15 is 0 Å². The van der Waals surface area contributed by atoms with Gasteiger partial charge in [-0.15, -0.1) is 0 Å². The molecule has 0 radical (unpaired) electrons. The minimum absolute atomic E-state index is 0.0654. The Balaban J connectivity index is 1.61. The van der Waals surface area contributed by atoms with Gasteiger partial charge in [-0.25, -0.2) is 8.42 Å². The minimum atomic E-state index is -3.98. The summed E-state index contributed by atoms with van der Waals surface area (Å²) in [5, 5.41) is 0. The molecule has 2 fully saturated rings. The molecule has 1 aliphatic heterocycles. The third-order valence-electron chi connectivity index (χ3n) is 6.47. The summed E-state index contributed by atoms with van der Waals surface area (Å²) in [6.07, 6.45) is 3.40. The van der Waals surface area contributed by atoms with E-state index in [1.54, 1.807) is 37.3 Å². The molecular formula is C24H28N2O6S. The molecule has 2 aromatic carbocycles. The lowest BCUT2D eigenvalue weighted by atomic mass is 9.81. The minimum Gasteiger partial charge on any atom is -0.497 e. The number of sulfonamides is 1. The van der Waals surface area contributed by atoms with Crippen molar-refractivity contribution in [2.24, 2.45) is 11.8 Å². The standard InChI is InChI=1S/C24H28N2O6S/c1-15-8-9-16(14-26-23(27)18-6-4-5-7-19(18)24(26)28)12-22(15)33(29,30)25-20-13-17(31-2)10-11-21(20)32-3/h8-13,18-19,25H,4-7,14H2,1-3H3/t18-,19-/m1/s1. The number of hydrogen-bond donors (Lipinski definition) is 1. The molecule has 4 rings (SSSR count). The van der Waals surface area contributed by atoms with Crippen LogP contribution in [0, 0.1) is 18.8 Å². The van der Waals surface area contributed by atoms with Crippen LogP contribution in [0.25, 0.3) is 0 Å². The summed E-state index contributed by atoms with van der Waals surface area (Å²) in [5.41, 5.74) is 1.37. The largest absolute Gasteiger partial charge is 0.497 e. The number of imide groups is 1. The number of carbonyl (C=O) groups is 2. The Bertz CT molecular complexity index is 1170. The van der Waals surface area contributed by atoms with Gasteiger partial charge in [0.05, 0.1) is 43.2 Å². The molecule has 33 heavy (non-hydrogen) atoms. The van der Waals surface area contributed by atoms with Crippen LogP contribution in [0.2, 0.25) is 0 Å². The first kappa shape index (κ1) is 23.1. The Morgan fingerprint density at radius 3 is 2.24 bits per heavy atom. The summed E-state index contributed by atoms with van der Waals surface area (Å²) < 4.78 is 39.6. The Labute approximate surface area is 193 Å². The van der Waals surface area contributed by atoms with E-state index in [9.17, 15) is 18.0 Å². The fraction of sp³-hybridized carbons (Fsp3) is 0.417. The van der Waals surface area contributed by atoms with E-state index in [4.69, 9.17) is 9.47 Å². The van der Waals surface area contributed by atoms with Gasteiger partial charge in [0.2, 0.25) is 11.8 Å². The van der Waals surface area contributed by atoms with Gasteiger partial charge >= 0.3 is 0 Å². The van der Waals surface area contributed by atoms with Crippen molar-refractivity contribution in [3.05, 3.63) is 47.5 Å². The number of nitrogens with zero attached hydrogens (tertiary/aromatic N) is 1. The number of ether oxygens (including phenoxy) is 2. The third-order valence-corrected chi connectivity index (χ3v) is 7.97. The molecule has 0 unspecified atom stereocenters. The molecule has 1 aliphatic carbocycles. The molecule has 1 heterocycles. The summed E-state index contributed by atoms with van der Waals surface area (Å²) in [6, 6.07) is 9.79. The fourth-order valence-electron chi connectivity index (χ4n) is 4.70. The number of rotatable bonds is 7. The maximum Gasteiger partial charge on any atom is 0.262 e. The number of carbonyl (C=O) groups excluding carboxylic acids is 2. The zero-order chi connectivity index (χ0) is 23.8. The first-order chi connectivity index (χ1) is 15.7. The van der Waals surface area contributed by atoms with Gasteiger partial charge in [0.1, 0.15) is 11.5 Å². The molecule has 176 valence electrons. The molecular weight excluding hydrogens is 444 g/mol. The number of nitrogens with one attached hydrogen (secondary N) is 1. The summed E-state index contributed by atoms with van der Waals surface area (Å²) in [7, 11) is -1.04. The van der Waals surface area contributed by atoms with Crippen molar-refractivity contribution in [1.82, 2.24) is 4.90 Å². The van der Waals surface area contributed by atoms with Crippen LogP contribution in [0.3, 0.4) is 0 Å². The molecule has 1 saturated heterocycles. The van der Waals surface area contributed by atoms with Gasteiger partial charge in [0.15, 0.2) is 0 Å². The lowest BCUT2D eigenvalue weighted by Crippen LogP contribution is -2.30. The number of benzene rings is 2. The van der Waals surface area contributed by atoms with Gasteiger partial charge in [-0.2, -0.15) is 0 Å². The number of anilines is 1. The smallest absolute Gasteiger partial charge is 0.262 e. The van der Waals surface area contributed by atoms with Gasteiger partial charge in [-0.1, -0.05) is 25.0 Å². The van der Waals surface area contributed by atoms with Gasteiger partial charge in [0, 0.05) is 6.07 Å². The van der Waals surface area contributed by atoms with Crippen molar-refractivity contribution in [2.45, 2.75) is 44.0 Å². The van der Waals surface area contributed by atoms with Crippen LogP contribution in [0.4, 0.5) is 5.69 Å². The average Bonchev–Trinajstić information content (AvgIpc) is 3.04. The Hall–Kier alpha value is -3.07. The molecule has 2 aromatic rings. The Morgan fingerprint density at radius 1 is 0.970 bits per heavy atom. The van der Waals surface area contributed by atoms with Crippen LogP contribution < -0.4 is 14.2 Å². The second kappa shape index (κ2) is 9.05. The van der Waals surface area contributed by atoms with Crippen molar-refractivity contribution in [3.63, 3.8) is 0 Å². The highest BCUT2D eigenvalue weighted by Crippen LogP contribution is 2.39. The lowest BCUT2D eigenvalue weighted by molar-refractivity contribution is -0.140. The first-order valence-electron chi connectivity index (χ1n) is 10.9. The predicted molar refractivity (Wildman–Crippen MR) is 123 cm³/mol. The van der Waals surface area contributed by atoms with Crippen LogP contribution in [-0.4, -0.2) is 39.4 Å². The average molecular weight is 473 g/mol. The van der Waals surface area contributed by atoms with Crippen LogP contribution in [0.1, 0.15) is 36.8 Å². The molecule has 9 heteroatoms. The first-order valence-corrected chi connectivity index (χ1v) is 12.4. The maximum absolute atomic E-state index is 13.3. The topological polar surface area (TPSA) is 102 Å². The molecule has 1 N–H and O–H groups in total. The van der Waals surface area contributed by atoms with E-state index in [-0.39, 0.29) is 40.8 Å². The zero-order valence-corrected chi connectivity index (χ0v) is 19.8. The number of methoxy groups -OCH3 is 2. The number of likely N-dealkylation sites (tertiary alicyclic amines) is 1. The fourth-order valence-corrected chi connectivity index (χ4v) is 6.05. The zero-order valence-electron chi connectivity index (χ0n) is 19.0. The second-order valence-electron chi connectivity index (χ2n) is 8.53. The van der Waals surface area contributed by atoms with E-state index in [0.29, 0.717) is 22.6 Å². The lowest BCUT2D eigenvalue weighted by Gasteiger charge is -2.19. The summed E-state index contributed by atoms with van der Waals surface area (Å²) in [6.45, 7) is 1.76. The van der Waals surface area contributed by atoms with Crippen molar-refractivity contribution in [1.29, 1.82) is 0 Å². The SMILES string of the molecule is COc1ccc(OC)c(NS(=O)(=O)c2cc(CN3C(=O)[C@@H]4CCCC[C@H]4C3=O)ccc2C)c1. The molecule has 2 aliphatic rings. The van der Waals surface area contributed by atoms with E-state index in [2.05, 4.69) is 4.72 Å². The van der Waals surface area contributed by atoms with Crippen LogP contribution in [0.15, 0.2) is 41.3 Å². The Kier molecular flexibility index (Phi) is 6.34.